The number of benzene rings is 2. The summed E-state index contributed by atoms with van der Waals surface area (Å²) in [6.07, 6.45) is 5.63. The molecule has 3 rings (SSSR count). The van der Waals surface area contributed by atoms with Crippen LogP contribution in [0.1, 0.15) is 0 Å². The Labute approximate surface area is 154 Å². The van der Waals surface area contributed by atoms with Crippen LogP contribution in [0.5, 0.6) is 0 Å². The zero-order valence-electron chi connectivity index (χ0n) is 12.1. The molecule has 0 bridgehead atoms. The molecule has 0 unspecified atom stereocenters. The summed E-state index contributed by atoms with van der Waals surface area (Å²) in [5.74, 6) is 0. The van der Waals surface area contributed by atoms with Crippen molar-refractivity contribution in [3.63, 3.8) is 0 Å². The van der Waals surface area contributed by atoms with Crippen molar-refractivity contribution in [2.75, 3.05) is 0 Å². The van der Waals surface area contributed by atoms with E-state index in [0.717, 1.165) is 16.6 Å². The molecule has 0 aliphatic heterocycles. The molecule has 0 saturated heterocycles. The zero-order valence-corrected chi connectivity index (χ0v) is 15.2. The molecule has 23 heavy (non-hydrogen) atoms. The van der Waals surface area contributed by atoms with Crippen LogP contribution in [0.15, 0.2) is 77.0 Å². The second-order valence-corrected chi connectivity index (χ2v) is 8.56. The number of thioether (sulfide) groups is 2. The molecule has 6 heteroatoms. The number of rotatable bonds is 6. The molecule has 0 radical (unpaired) electrons. The quantitative estimate of drug-likeness (QED) is 0.380. The fourth-order valence-electron chi connectivity index (χ4n) is 2.00. The van der Waals surface area contributed by atoms with Crippen molar-refractivity contribution in [1.29, 1.82) is 0 Å². The second kappa shape index (κ2) is 8.15. The van der Waals surface area contributed by atoms with Gasteiger partial charge in [-0.15, -0.1) is 23.5 Å². The highest BCUT2D eigenvalue weighted by atomic mass is 35.5. The molecule has 118 valence electrons. The minimum atomic E-state index is 0.312. The van der Waals surface area contributed by atoms with E-state index >= 15 is 0 Å². The van der Waals surface area contributed by atoms with E-state index < -0.39 is 0 Å². The molecule has 2 aromatic carbocycles. The van der Waals surface area contributed by atoms with Crippen molar-refractivity contribution in [2.45, 2.75) is 20.9 Å². The van der Waals surface area contributed by atoms with Crippen molar-refractivity contribution < 1.29 is 0 Å². The molecule has 0 amide bonds. The number of hydrogen-bond donors (Lipinski definition) is 0. The fraction of sp³-hybridized carbons (Fsp3) is 0.118. The van der Waals surface area contributed by atoms with Crippen LogP contribution in [0.2, 0.25) is 10.0 Å². The Hall–Kier alpha value is -1.07. The normalized spacial score (nSPS) is 11.1. The lowest BCUT2D eigenvalue weighted by Crippen LogP contribution is -2.08. The van der Waals surface area contributed by atoms with Crippen LogP contribution in [-0.4, -0.2) is 14.1 Å². The van der Waals surface area contributed by atoms with E-state index in [4.69, 9.17) is 23.2 Å². The van der Waals surface area contributed by atoms with E-state index in [0.29, 0.717) is 4.58 Å². The summed E-state index contributed by atoms with van der Waals surface area (Å²) in [4.78, 5) is 6.51. The summed E-state index contributed by atoms with van der Waals surface area (Å²) in [6.45, 7) is 0.862. The van der Waals surface area contributed by atoms with Crippen LogP contribution in [0, 0.1) is 0 Å². The Morgan fingerprint density at radius 2 is 1.39 bits per heavy atom. The molecule has 2 nitrogen and oxygen atoms in total. The Morgan fingerprint density at radius 1 is 0.870 bits per heavy atom. The van der Waals surface area contributed by atoms with Gasteiger partial charge in [0, 0.05) is 38.8 Å². The Balaban J connectivity index is 1.75. The third-order valence-corrected chi connectivity index (χ3v) is 6.08. The summed E-state index contributed by atoms with van der Waals surface area (Å²) in [5.41, 5.74) is 0. The molecule has 0 saturated carbocycles. The number of halogens is 2. The lowest BCUT2D eigenvalue weighted by atomic mass is 10.4. The van der Waals surface area contributed by atoms with Gasteiger partial charge in [0.1, 0.15) is 0 Å². The summed E-state index contributed by atoms with van der Waals surface area (Å²) in [6, 6.07) is 15.9. The highest BCUT2D eigenvalue weighted by Gasteiger charge is 2.13. The second-order valence-electron chi connectivity index (χ2n) is 4.83. The number of hydrogen-bond acceptors (Lipinski definition) is 3. The minimum absolute atomic E-state index is 0.312. The first-order valence-electron chi connectivity index (χ1n) is 6.99. The zero-order chi connectivity index (χ0) is 16.1. The lowest BCUT2D eigenvalue weighted by molar-refractivity contribution is 0.750. The molecule has 0 spiro atoms. The molecule has 0 N–H and O–H groups in total. The summed E-state index contributed by atoms with van der Waals surface area (Å²) < 4.78 is 2.41. The fourth-order valence-corrected chi connectivity index (χ4v) is 4.79. The van der Waals surface area contributed by atoms with E-state index in [2.05, 4.69) is 33.8 Å². The van der Waals surface area contributed by atoms with Gasteiger partial charge in [-0.3, -0.25) is 0 Å². The van der Waals surface area contributed by atoms with Gasteiger partial charge in [-0.05, 0) is 48.5 Å². The SMILES string of the molecule is Clc1ccc(SC(Cn2ccnc2)Sc2ccc(Cl)cc2)cc1. The van der Waals surface area contributed by atoms with Crippen molar-refractivity contribution in [2.24, 2.45) is 0 Å². The summed E-state index contributed by atoms with van der Waals surface area (Å²) >= 11 is 15.6. The maximum atomic E-state index is 5.97. The molecular formula is C17H14Cl2N2S2. The third-order valence-electron chi connectivity index (χ3n) is 3.08. The molecular weight excluding hydrogens is 367 g/mol. The van der Waals surface area contributed by atoms with Crippen LogP contribution in [0.25, 0.3) is 0 Å². The third kappa shape index (κ3) is 5.21. The smallest absolute Gasteiger partial charge is 0.0946 e. The van der Waals surface area contributed by atoms with E-state index in [1.54, 1.807) is 6.20 Å². The molecule has 0 aliphatic rings. The van der Waals surface area contributed by atoms with Crippen LogP contribution in [0.4, 0.5) is 0 Å². The topological polar surface area (TPSA) is 17.8 Å². The van der Waals surface area contributed by atoms with Crippen molar-refractivity contribution in [1.82, 2.24) is 9.55 Å². The minimum Gasteiger partial charge on any atom is -0.336 e. The van der Waals surface area contributed by atoms with Crippen molar-refractivity contribution >= 4 is 46.7 Å². The van der Waals surface area contributed by atoms with Gasteiger partial charge in [0.15, 0.2) is 0 Å². The molecule has 3 aromatic rings. The molecule has 1 aromatic heterocycles. The highest BCUT2D eigenvalue weighted by Crippen LogP contribution is 2.37. The van der Waals surface area contributed by atoms with Gasteiger partial charge in [0.25, 0.3) is 0 Å². The standard InChI is InChI=1S/C17H14Cl2N2S2/c18-13-1-5-15(6-2-13)22-17(11-21-10-9-20-12-21)23-16-7-3-14(19)4-8-16/h1-10,12,17H,11H2. The molecule has 0 atom stereocenters. The van der Waals surface area contributed by atoms with E-state index in [9.17, 15) is 0 Å². The van der Waals surface area contributed by atoms with Crippen LogP contribution in [-0.2, 0) is 6.54 Å². The summed E-state index contributed by atoms with van der Waals surface area (Å²) in [5, 5.41) is 1.51. The first kappa shape index (κ1) is 16.8. The lowest BCUT2D eigenvalue weighted by Gasteiger charge is -2.17. The summed E-state index contributed by atoms with van der Waals surface area (Å²) in [7, 11) is 0. The average molecular weight is 381 g/mol. The van der Waals surface area contributed by atoms with Crippen LogP contribution < -0.4 is 0 Å². The van der Waals surface area contributed by atoms with E-state index in [1.165, 1.54) is 9.79 Å². The van der Waals surface area contributed by atoms with Crippen LogP contribution >= 0.6 is 46.7 Å². The predicted molar refractivity (Wildman–Crippen MR) is 101 cm³/mol. The van der Waals surface area contributed by atoms with Gasteiger partial charge in [-0.2, -0.15) is 0 Å². The van der Waals surface area contributed by atoms with Crippen molar-refractivity contribution in [3.8, 4) is 0 Å². The van der Waals surface area contributed by atoms with Gasteiger partial charge in [-0.25, -0.2) is 4.98 Å². The van der Waals surface area contributed by atoms with Gasteiger partial charge < -0.3 is 4.57 Å². The average Bonchev–Trinajstić information content (AvgIpc) is 3.05. The van der Waals surface area contributed by atoms with Crippen LogP contribution in [0.3, 0.4) is 0 Å². The first-order valence-corrected chi connectivity index (χ1v) is 9.51. The maximum absolute atomic E-state index is 5.97. The highest BCUT2D eigenvalue weighted by molar-refractivity contribution is 8.17. The molecule has 1 heterocycles. The monoisotopic (exact) mass is 380 g/mol. The Morgan fingerprint density at radius 3 is 1.83 bits per heavy atom. The van der Waals surface area contributed by atoms with Gasteiger partial charge in [0.2, 0.25) is 0 Å². The number of aromatic nitrogens is 2. The number of nitrogens with zero attached hydrogens (tertiary/aromatic N) is 2. The van der Waals surface area contributed by atoms with Gasteiger partial charge in [-0.1, -0.05) is 23.2 Å². The number of imidazole rings is 1. The van der Waals surface area contributed by atoms with Gasteiger partial charge in [0.05, 0.1) is 10.9 Å². The Kier molecular flexibility index (Phi) is 5.95. The van der Waals surface area contributed by atoms with Crippen molar-refractivity contribution in [3.05, 3.63) is 77.3 Å². The Bertz CT molecular complexity index is 681. The maximum Gasteiger partial charge on any atom is 0.0946 e. The van der Waals surface area contributed by atoms with E-state index in [-0.39, 0.29) is 0 Å². The predicted octanol–water partition coefficient (Wildman–Crippen LogP) is 6.10. The molecule has 0 aliphatic carbocycles. The van der Waals surface area contributed by atoms with Gasteiger partial charge >= 0.3 is 0 Å². The first-order chi connectivity index (χ1) is 11.2. The van der Waals surface area contributed by atoms with E-state index in [1.807, 2.05) is 60.3 Å². The largest absolute Gasteiger partial charge is 0.336 e. The molecule has 0 fully saturated rings.